The molecule has 0 aliphatic carbocycles. The fourth-order valence-electron chi connectivity index (χ4n) is 3.28. The minimum Gasteiger partial charge on any atom is -0.497 e. The van der Waals surface area contributed by atoms with E-state index in [9.17, 15) is 9.59 Å². The number of rotatable bonds is 10. The molecule has 0 bridgehead atoms. The largest absolute Gasteiger partial charge is 0.497 e. The summed E-state index contributed by atoms with van der Waals surface area (Å²) in [6.07, 6.45) is 0.833. The maximum absolute atomic E-state index is 13.1. The molecule has 168 valence electrons. The summed E-state index contributed by atoms with van der Waals surface area (Å²) in [4.78, 5) is 27.3. The van der Waals surface area contributed by atoms with Crippen LogP contribution in [0.4, 0.5) is 0 Å². The van der Waals surface area contributed by atoms with E-state index in [0.717, 1.165) is 34.4 Å². The summed E-state index contributed by atoms with van der Waals surface area (Å²) in [6, 6.07) is 10.9. The van der Waals surface area contributed by atoms with Crippen molar-refractivity contribution in [3.8, 4) is 11.5 Å². The molecule has 6 nitrogen and oxygen atoms in total. The monoisotopic (exact) mass is 426 g/mol. The smallest absolute Gasteiger partial charge is 0.261 e. The molecule has 0 radical (unpaired) electrons. The van der Waals surface area contributed by atoms with Crippen molar-refractivity contribution in [1.29, 1.82) is 0 Å². The molecule has 6 heteroatoms. The Morgan fingerprint density at radius 3 is 2.39 bits per heavy atom. The molecule has 0 heterocycles. The molecular weight excluding hydrogens is 392 g/mol. The van der Waals surface area contributed by atoms with E-state index in [-0.39, 0.29) is 18.4 Å². The number of amides is 2. The topological polar surface area (TPSA) is 67.9 Å². The van der Waals surface area contributed by atoms with Gasteiger partial charge in [0.1, 0.15) is 17.5 Å². The number of hydrogen-bond acceptors (Lipinski definition) is 4. The molecule has 0 aromatic heterocycles. The molecule has 1 N–H and O–H groups in total. The Kier molecular flexibility index (Phi) is 8.91. The van der Waals surface area contributed by atoms with Crippen LogP contribution in [0.5, 0.6) is 11.5 Å². The van der Waals surface area contributed by atoms with Crippen LogP contribution in [0.15, 0.2) is 36.4 Å². The second-order valence-corrected chi connectivity index (χ2v) is 7.83. The Hall–Kier alpha value is -3.02. The van der Waals surface area contributed by atoms with Gasteiger partial charge in [-0.05, 0) is 74.6 Å². The van der Waals surface area contributed by atoms with Crippen LogP contribution >= 0.6 is 0 Å². The van der Waals surface area contributed by atoms with Crippen molar-refractivity contribution in [2.24, 2.45) is 0 Å². The lowest BCUT2D eigenvalue weighted by Gasteiger charge is -2.29. The summed E-state index contributed by atoms with van der Waals surface area (Å²) >= 11 is 0. The van der Waals surface area contributed by atoms with E-state index in [1.54, 1.807) is 18.9 Å². The van der Waals surface area contributed by atoms with E-state index < -0.39 is 6.04 Å². The molecule has 2 amide bonds. The fourth-order valence-corrected chi connectivity index (χ4v) is 3.28. The fraction of sp³-hybridized carbons (Fsp3) is 0.440. The highest BCUT2D eigenvalue weighted by molar-refractivity contribution is 5.88. The van der Waals surface area contributed by atoms with Gasteiger partial charge in [-0.2, -0.15) is 0 Å². The van der Waals surface area contributed by atoms with Gasteiger partial charge in [0.25, 0.3) is 5.91 Å². The van der Waals surface area contributed by atoms with Crippen LogP contribution in [0.25, 0.3) is 0 Å². The number of methoxy groups -OCH3 is 1. The third-order valence-corrected chi connectivity index (χ3v) is 5.34. The summed E-state index contributed by atoms with van der Waals surface area (Å²) in [5, 5.41) is 2.88. The SMILES string of the molecule is CCCNC(=O)C(C)N(Cc1ccc(OC)cc1)C(=O)COc1cc(C)cc(C)c1C. The minimum absolute atomic E-state index is 0.134. The van der Waals surface area contributed by atoms with Crippen molar-refractivity contribution in [1.82, 2.24) is 10.2 Å². The van der Waals surface area contributed by atoms with Gasteiger partial charge in [0.05, 0.1) is 7.11 Å². The van der Waals surface area contributed by atoms with Gasteiger partial charge in [0, 0.05) is 13.1 Å². The summed E-state index contributed by atoms with van der Waals surface area (Å²) in [6.45, 7) is 10.5. The Morgan fingerprint density at radius 1 is 1.10 bits per heavy atom. The highest BCUT2D eigenvalue weighted by atomic mass is 16.5. The van der Waals surface area contributed by atoms with Gasteiger partial charge in [-0.25, -0.2) is 0 Å². The highest BCUT2D eigenvalue weighted by Gasteiger charge is 2.26. The third kappa shape index (κ3) is 6.74. The van der Waals surface area contributed by atoms with Crippen LogP contribution in [0.1, 0.15) is 42.5 Å². The van der Waals surface area contributed by atoms with Crippen LogP contribution in [0, 0.1) is 20.8 Å². The van der Waals surface area contributed by atoms with E-state index in [0.29, 0.717) is 18.8 Å². The molecular formula is C25H34N2O4. The van der Waals surface area contributed by atoms with Crippen molar-refractivity contribution >= 4 is 11.8 Å². The van der Waals surface area contributed by atoms with Crippen LogP contribution in [-0.4, -0.2) is 43.0 Å². The Labute approximate surface area is 185 Å². The average molecular weight is 427 g/mol. The number of carbonyl (C=O) groups is 2. The molecule has 1 unspecified atom stereocenters. The van der Waals surface area contributed by atoms with Crippen molar-refractivity contribution in [2.45, 2.75) is 53.6 Å². The lowest BCUT2D eigenvalue weighted by Crippen LogP contribution is -2.49. The Balaban J connectivity index is 2.19. The van der Waals surface area contributed by atoms with Gasteiger partial charge in [-0.15, -0.1) is 0 Å². The lowest BCUT2D eigenvalue weighted by atomic mass is 10.1. The molecule has 1 atom stereocenters. The van der Waals surface area contributed by atoms with E-state index in [2.05, 4.69) is 11.4 Å². The molecule has 0 spiro atoms. The quantitative estimate of drug-likeness (QED) is 0.625. The molecule has 0 aliphatic heterocycles. The van der Waals surface area contributed by atoms with Gasteiger partial charge < -0.3 is 19.7 Å². The zero-order chi connectivity index (χ0) is 23.0. The first-order valence-electron chi connectivity index (χ1n) is 10.7. The number of ether oxygens (including phenoxy) is 2. The van der Waals surface area contributed by atoms with Crippen LogP contribution in [0.2, 0.25) is 0 Å². The molecule has 2 rings (SSSR count). The van der Waals surface area contributed by atoms with E-state index >= 15 is 0 Å². The summed E-state index contributed by atoms with van der Waals surface area (Å²) in [5.41, 5.74) is 4.11. The van der Waals surface area contributed by atoms with Gasteiger partial charge in [0.2, 0.25) is 5.91 Å². The van der Waals surface area contributed by atoms with Crippen molar-refractivity contribution < 1.29 is 19.1 Å². The third-order valence-electron chi connectivity index (χ3n) is 5.34. The number of aryl methyl sites for hydroxylation is 2. The lowest BCUT2D eigenvalue weighted by molar-refractivity contribution is -0.142. The number of hydrogen-bond donors (Lipinski definition) is 1. The number of nitrogens with zero attached hydrogens (tertiary/aromatic N) is 1. The van der Waals surface area contributed by atoms with Crippen LogP contribution in [-0.2, 0) is 16.1 Å². The molecule has 0 fully saturated rings. The second-order valence-electron chi connectivity index (χ2n) is 7.83. The molecule has 0 saturated heterocycles. The van der Waals surface area contributed by atoms with E-state index in [4.69, 9.17) is 9.47 Å². The maximum atomic E-state index is 13.1. The van der Waals surface area contributed by atoms with Gasteiger partial charge in [-0.1, -0.05) is 25.1 Å². The number of nitrogens with one attached hydrogen (secondary N) is 1. The molecule has 0 saturated carbocycles. The van der Waals surface area contributed by atoms with Crippen molar-refractivity contribution in [3.05, 3.63) is 58.7 Å². The Bertz CT molecular complexity index is 893. The van der Waals surface area contributed by atoms with E-state index in [1.165, 1.54) is 0 Å². The van der Waals surface area contributed by atoms with Crippen molar-refractivity contribution in [3.63, 3.8) is 0 Å². The molecule has 2 aromatic rings. The predicted octanol–water partition coefficient (Wildman–Crippen LogP) is 3.94. The molecule has 0 aliphatic rings. The first-order valence-corrected chi connectivity index (χ1v) is 10.7. The molecule has 2 aromatic carbocycles. The first kappa shape index (κ1) is 24.3. The van der Waals surface area contributed by atoms with Crippen LogP contribution in [0.3, 0.4) is 0 Å². The number of carbonyl (C=O) groups excluding carboxylic acids is 2. The highest BCUT2D eigenvalue weighted by Crippen LogP contribution is 2.23. The van der Waals surface area contributed by atoms with E-state index in [1.807, 2.05) is 58.0 Å². The van der Waals surface area contributed by atoms with Crippen LogP contribution < -0.4 is 14.8 Å². The van der Waals surface area contributed by atoms with Gasteiger partial charge >= 0.3 is 0 Å². The zero-order valence-electron chi connectivity index (χ0n) is 19.5. The van der Waals surface area contributed by atoms with Gasteiger partial charge in [-0.3, -0.25) is 9.59 Å². The van der Waals surface area contributed by atoms with Crippen molar-refractivity contribution in [2.75, 3.05) is 20.3 Å². The second kappa shape index (κ2) is 11.4. The maximum Gasteiger partial charge on any atom is 0.261 e. The first-order chi connectivity index (χ1) is 14.8. The Morgan fingerprint density at radius 2 is 1.77 bits per heavy atom. The minimum atomic E-state index is -0.620. The summed E-state index contributed by atoms with van der Waals surface area (Å²) in [7, 11) is 1.61. The summed E-state index contributed by atoms with van der Waals surface area (Å²) in [5.74, 6) is 1.02. The standard InChI is InChI=1S/C25H34N2O4/c1-7-12-26-25(29)20(5)27(15-21-8-10-22(30-6)11-9-21)24(28)16-31-23-14-17(2)13-18(3)19(23)4/h8-11,13-14,20H,7,12,15-16H2,1-6H3,(H,26,29). The predicted molar refractivity (Wildman–Crippen MR) is 122 cm³/mol. The normalized spacial score (nSPS) is 11.5. The average Bonchev–Trinajstić information content (AvgIpc) is 2.76. The zero-order valence-corrected chi connectivity index (χ0v) is 19.5. The molecule has 31 heavy (non-hydrogen) atoms. The summed E-state index contributed by atoms with van der Waals surface area (Å²) < 4.78 is 11.1. The number of benzene rings is 2. The van der Waals surface area contributed by atoms with Gasteiger partial charge in [0.15, 0.2) is 6.61 Å².